The van der Waals surface area contributed by atoms with Crippen LogP contribution in [0.4, 0.5) is 5.69 Å². The average Bonchev–Trinajstić information content (AvgIpc) is 2.74. The quantitative estimate of drug-likeness (QED) is 0.259. The Morgan fingerprint density at radius 2 is 2.06 bits per heavy atom. The summed E-state index contributed by atoms with van der Waals surface area (Å²) in [5, 5.41) is 10.7. The highest BCUT2D eigenvalue weighted by atomic mass is 16.6. The molecule has 1 unspecified atom stereocenters. The van der Waals surface area contributed by atoms with Crippen LogP contribution in [0.1, 0.15) is 10.4 Å². The first-order valence-electron chi connectivity index (χ1n) is 4.76. The first-order chi connectivity index (χ1) is 8.11. The normalized spacial score (nSPS) is 17.9. The number of hydrogen-bond donors (Lipinski definition) is 0. The molecule has 0 spiro atoms. The van der Waals surface area contributed by atoms with E-state index in [9.17, 15) is 19.7 Å². The van der Waals surface area contributed by atoms with E-state index >= 15 is 0 Å². The van der Waals surface area contributed by atoms with E-state index in [0.717, 1.165) is 6.26 Å². The van der Waals surface area contributed by atoms with E-state index in [2.05, 4.69) is 4.74 Å². The van der Waals surface area contributed by atoms with Crippen LogP contribution >= 0.6 is 0 Å². The monoisotopic (exact) mass is 233 g/mol. The van der Waals surface area contributed by atoms with Crippen molar-refractivity contribution in [3.63, 3.8) is 0 Å². The van der Waals surface area contributed by atoms with Gasteiger partial charge in [-0.25, -0.2) is 0 Å². The molecule has 0 amide bonds. The van der Waals surface area contributed by atoms with E-state index in [1.165, 1.54) is 30.3 Å². The van der Waals surface area contributed by atoms with Crippen LogP contribution in [0.2, 0.25) is 0 Å². The number of carbonyl (C=O) groups is 2. The highest BCUT2D eigenvalue weighted by molar-refractivity contribution is 6.12. The van der Waals surface area contributed by atoms with Gasteiger partial charge in [-0.1, -0.05) is 12.1 Å². The molecule has 1 heterocycles. The summed E-state index contributed by atoms with van der Waals surface area (Å²) in [5.41, 5.74) is -0.406. The fourth-order valence-corrected chi connectivity index (χ4v) is 1.54. The van der Waals surface area contributed by atoms with Crippen molar-refractivity contribution in [3.8, 4) is 0 Å². The molecule has 1 atom stereocenters. The molecule has 1 aromatic rings. The largest absolute Gasteiger partial charge is 0.434 e. The summed E-state index contributed by atoms with van der Waals surface area (Å²) in [7, 11) is 0. The molecule has 86 valence electrons. The van der Waals surface area contributed by atoms with Crippen LogP contribution in [0.25, 0.3) is 0 Å². The van der Waals surface area contributed by atoms with Gasteiger partial charge in [-0.3, -0.25) is 19.7 Å². The summed E-state index contributed by atoms with van der Waals surface area (Å²) in [6.45, 7) is 0. The van der Waals surface area contributed by atoms with Gasteiger partial charge in [0.2, 0.25) is 0 Å². The third kappa shape index (κ3) is 1.92. The highest BCUT2D eigenvalue weighted by Crippen LogP contribution is 2.24. The summed E-state index contributed by atoms with van der Waals surface area (Å²) < 4.78 is 4.50. The van der Waals surface area contributed by atoms with E-state index in [1.807, 2.05) is 0 Å². The zero-order valence-electron chi connectivity index (χ0n) is 8.53. The van der Waals surface area contributed by atoms with E-state index in [4.69, 9.17) is 0 Å². The van der Waals surface area contributed by atoms with Crippen molar-refractivity contribution in [3.05, 3.63) is 52.3 Å². The maximum atomic E-state index is 11.9. The average molecular weight is 233 g/mol. The summed E-state index contributed by atoms with van der Waals surface area (Å²) in [5.74, 6) is -2.43. The summed E-state index contributed by atoms with van der Waals surface area (Å²) in [6, 6.07) is 5.50. The molecule has 0 aromatic heterocycles. The number of hydrogen-bond acceptors (Lipinski definition) is 5. The Labute approximate surface area is 95.7 Å². The number of para-hydroxylation sites is 1. The van der Waals surface area contributed by atoms with Crippen molar-refractivity contribution in [1.29, 1.82) is 0 Å². The molecule has 6 heteroatoms. The number of Topliss-reactive ketones (excluding diaryl/α,β-unsaturated/α-hetero) is 1. The van der Waals surface area contributed by atoms with Crippen molar-refractivity contribution in [2.45, 2.75) is 0 Å². The summed E-state index contributed by atoms with van der Waals surface area (Å²) >= 11 is 0. The molecule has 0 aliphatic carbocycles. The molecular formula is C11H7NO5. The maximum Gasteiger partial charge on any atom is 0.325 e. The number of benzene rings is 1. The van der Waals surface area contributed by atoms with Gasteiger partial charge in [0.05, 0.1) is 16.7 Å². The second kappa shape index (κ2) is 4.17. The van der Waals surface area contributed by atoms with Crippen LogP contribution in [-0.4, -0.2) is 16.7 Å². The van der Waals surface area contributed by atoms with Crippen molar-refractivity contribution < 1.29 is 19.2 Å². The van der Waals surface area contributed by atoms with Gasteiger partial charge in [0, 0.05) is 6.07 Å². The molecular weight excluding hydrogens is 226 g/mol. The Hall–Kier alpha value is -2.50. The first kappa shape index (κ1) is 11.0. The number of esters is 1. The second-order valence-corrected chi connectivity index (χ2v) is 3.38. The number of nitrogens with zero attached hydrogens (tertiary/aromatic N) is 1. The fourth-order valence-electron chi connectivity index (χ4n) is 1.54. The summed E-state index contributed by atoms with van der Waals surface area (Å²) in [6.07, 6.45) is 2.39. The van der Waals surface area contributed by atoms with Crippen molar-refractivity contribution in [2.24, 2.45) is 5.92 Å². The van der Waals surface area contributed by atoms with Gasteiger partial charge >= 0.3 is 5.97 Å². The van der Waals surface area contributed by atoms with E-state index in [0.29, 0.717) is 0 Å². The van der Waals surface area contributed by atoms with Gasteiger partial charge in [-0.05, 0) is 12.1 Å². The molecule has 0 fully saturated rings. The molecule has 17 heavy (non-hydrogen) atoms. The number of cyclic esters (lactones) is 1. The van der Waals surface area contributed by atoms with E-state index in [1.54, 1.807) is 0 Å². The Morgan fingerprint density at radius 1 is 1.35 bits per heavy atom. The lowest BCUT2D eigenvalue weighted by Gasteiger charge is -2.04. The van der Waals surface area contributed by atoms with Gasteiger partial charge in [-0.2, -0.15) is 0 Å². The zero-order chi connectivity index (χ0) is 12.4. The third-order valence-electron chi connectivity index (χ3n) is 2.36. The smallest absolute Gasteiger partial charge is 0.325 e. The van der Waals surface area contributed by atoms with Crippen LogP contribution in [0.3, 0.4) is 0 Å². The Kier molecular flexibility index (Phi) is 2.70. The SMILES string of the molecule is O=C1OC=CC1C(=O)c1ccccc1[N+](=O)[O-]. The minimum Gasteiger partial charge on any atom is -0.434 e. The number of nitro benzene ring substituents is 1. The highest BCUT2D eigenvalue weighted by Gasteiger charge is 2.33. The predicted octanol–water partition coefficient (Wildman–Crippen LogP) is 1.46. The number of ketones is 1. The topological polar surface area (TPSA) is 86.5 Å². The number of rotatable bonds is 3. The lowest BCUT2D eigenvalue weighted by atomic mass is 9.97. The molecule has 0 N–H and O–H groups in total. The molecule has 0 saturated heterocycles. The number of carbonyl (C=O) groups excluding carboxylic acids is 2. The Morgan fingerprint density at radius 3 is 2.65 bits per heavy atom. The molecule has 2 rings (SSSR count). The van der Waals surface area contributed by atoms with Crippen LogP contribution in [0.5, 0.6) is 0 Å². The minimum atomic E-state index is -1.09. The molecule has 6 nitrogen and oxygen atoms in total. The number of nitro groups is 1. The zero-order valence-corrected chi connectivity index (χ0v) is 8.53. The first-order valence-corrected chi connectivity index (χ1v) is 4.76. The van der Waals surface area contributed by atoms with Crippen LogP contribution in [-0.2, 0) is 9.53 Å². The lowest BCUT2D eigenvalue weighted by Crippen LogP contribution is -2.20. The van der Waals surface area contributed by atoms with Crippen LogP contribution < -0.4 is 0 Å². The molecule has 1 aliphatic heterocycles. The van der Waals surface area contributed by atoms with Crippen molar-refractivity contribution in [1.82, 2.24) is 0 Å². The maximum absolute atomic E-state index is 11.9. The van der Waals surface area contributed by atoms with Crippen molar-refractivity contribution >= 4 is 17.4 Å². The second-order valence-electron chi connectivity index (χ2n) is 3.38. The van der Waals surface area contributed by atoms with E-state index < -0.39 is 22.6 Å². The third-order valence-corrected chi connectivity index (χ3v) is 2.36. The van der Waals surface area contributed by atoms with Gasteiger partial charge < -0.3 is 4.74 Å². The Bertz CT molecular complexity index is 534. The van der Waals surface area contributed by atoms with Crippen LogP contribution in [0.15, 0.2) is 36.6 Å². The minimum absolute atomic E-state index is 0.0917. The standard InChI is InChI=1S/C11H7NO5/c13-10(8-5-6-17-11(8)14)7-3-1-2-4-9(7)12(15)16/h1-6,8H. The predicted molar refractivity (Wildman–Crippen MR) is 56.1 cm³/mol. The molecule has 0 bridgehead atoms. The van der Waals surface area contributed by atoms with Gasteiger partial charge in [0.1, 0.15) is 5.92 Å². The molecule has 0 saturated carbocycles. The fraction of sp³-hybridized carbons (Fsp3) is 0.0909. The van der Waals surface area contributed by atoms with Gasteiger partial charge in [0.15, 0.2) is 5.78 Å². The Balaban J connectivity index is 2.40. The van der Waals surface area contributed by atoms with Crippen molar-refractivity contribution in [2.75, 3.05) is 0 Å². The number of ether oxygens (including phenoxy) is 1. The van der Waals surface area contributed by atoms with Gasteiger partial charge in [0.25, 0.3) is 5.69 Å². The molecule has 0 radical (unpaired) electrons. The summed E-state index contributed by atoms with van der Waals surface area (Å²) in [4.78, 5) is 33.2. The molecule has 1 aromatic carbocycles. The van der Waals surface area contributed by atoms with E-state index in [-0.39, 0.29) is 11.3 Å². The molecule has 1 aliphatic rings. The lowest BCUT2D eigenvalue weighted by molar-refractivity contribution is -0.385. The van der Waals surface area contributed by atoms with Gasteiger partial charge in [-0.15, -0.1) is 0 Å². The van der Waals surface area contributed by atoms with Crippen LogP contribution in [0, 0.1) is 16.0 Å².